The fourth-order valence-corrected chi connectivity index (χ4v) is 4.72. The van der Waals surface area contributed by atoms with E-state index in [2.05, 4.69) is 55.5 Å². The molecule has 0 unspecified atom stereocenters. The van der Waals surface area contributed by atoms with Crippen molar-refractivity contribution in [2.45, 2.75) is 174 Å². The van der Waals surface area contributed by atoms with E-state index in [-0.39, 0.29) is 0 Å². The molecule has 0 saturated heterocycles. The van der Waals surface area contributed by atoms with Gasteiger partial charge in [-0.15, -0.1) is 0 Å². The largest absolute Gasteiger partial charge is 0.396 e. The quantitative estimate of drug-likeness (QED) is 0.0746. The highest BCUT2D eigenvalue weighted by molar-refractivity contribution is 4.93. The second-order valence-electron chi connectivity index (χ2n) is 11.0. The van der Waals surface area contributed by atoms with Gasteiger partial charge in [-0.1, -0.05) is 152 Å². The SMILES string of the molecule is CCCCC/C=C\C/C=C\CCCCCCCCCCCCC/C=C\C/C=C\CCCCCCCCO. The number of unbranched alkanes of at least 4 members (excludes halogenated alkanes) is 21. The van der Waals surface area contributed by atoms with Crippen LogP contribution in [0.5, 0.6) is 0 Å². The van der Waals surface area contributed by atoms with Crippen LogP contribution in [0.4, 0.5) is 0 Å². The second-order valence-corrected chi connectivity index (χ2v) is 11.0. The molecule has 0 amide bonds. The third-order valence-electron chi connectivity index (χ3n) is 7.21. The van der Waals surface area contributed by atoms with Gasteiger partial charge in [0.15, 0.2) is 0 Å². The first-order valence-corrected chi connectivity index (χ1v) is 16.6. The average Bonchev–Trinajstić information content (AvgIpc) is 2.91. The Balaban J connectivity index is 3.19. The second kappa shape index (κ2) is 34.9. The van der Waals surface area contributed by atoms with Crippen LogP contribution in [-0.4, -0.2) is 11.7 Å². The first-order valence-electron chi connectivity index (χ1n) is 16.6. The third-order valence-corrected chi connectivity index (χ3v) is 7.21. The van der Waals surface area contributed by atoms with Crippen LogP contribution in [0.2, 0.25) is 0 Å². The van der Waals surface area contributed by atoms with Crippen LogP contribution in [-0.2, 0) is 0 Å². The predicted molar refractivity (Wildman–Crippen MR) is 169 cm³/mol. The number of rotatable bonds is 30. The highest BCUT2D eigenvalue weighted by Gasteiger charge is 1.93. The van der Waals surface area contributed by atoms with E-state index in [9.17, 15) is 0 Å². The Hall–Kier alpha value is -1.08. The van der Waals surface area contributed by atoms with Gasteiger partial charge < -0.3 is 5.11 Å². The van der Waals surface area contributed by atoms with Gasteiger partial charge >= 0.3 is 0 Å². The number of aliphatic hydroxyl groups is 1. The molecule has 0 aromatic heterocycles. The Bertz CT molecular complexity index is 513. The minimum atomic E-state index is 0.355. The van der Waals surface area contributed by atoms with E-state index in [1.54, 1.807) is 0 Å². The first kappa shape index (κ1) is 35.9. The molecule has 0 heterocycles. The Morgan fingerprint density at radius 1 is 0.324 bits per heavy atom. The zero-order valence-corrected chi connectivity index (χ0v) is 25.2. The first-order chi connectivity index (χ1) is 18.4. The summed E-state index contributed by atoms with van der Waals surface area (Å²) in [4.78, 5) is 0. The van der Waals surface area contributed by atoms with E-state index in [0.717, 1.165) is 19.3 Å². The van der Waals surface area contributed by atoms with Crippen LogP contribution >= 0.6 is 0 Å². The normalized spacial score (nSPS) is 12.4. The lowest BCUT2D eigenvalue weighted by molar-refractivity contribution is 0.282. The summed E-state index contributed by atoms with van der Waals surface area (Å²) in [6.07, 6.45) is 53.1. The molecule has 0 aromatic carbocycles. The summed E-state index contributed by atoms with van der Waals surface area (Å²) < 4.78 is 0. The maximum absolute atomic E-state index is 8.76. The predicted octanol–water partition coefficient (Wildman–Crippen LogP) is 12.4. The molecule has 0 aliphatic rings. The van der Waals surface area contributed by atoms with Gasteiger partial charge in [0, 0.05) is 6.61 Å². The maximum Gasteiger partial charge on any atom is 0.0431 e. The molecule has 0 fully saturated rings. The molecule has 0 aromatic rings. The van der Waals surface area contributed by atoms with E-state index in [0.29, 0.717) is 6.61 Å². The standard InChI is InChI=1S/C36H66O/c1-2-3-4-5-6-7-8-9-10-11-12-13-14-15-16-17-18-19-20-21-22-23-24-25-26-27-28-29-30-31-32-33-34-35-36-37/h6-7,9-10,24-25,27-28,37H,2-5,8,11-23,26,29-36H2,1H3/b7-6-,10-9-,25-24-,28-27-. The zero-order chi connectivity index (χ0) is 26.7. The maximum atomic E-state index is 8.76. The van der Waals surface area contributed by atoms with Crippen LogP contribution in [0, 0.1) is 0 Å². The van der Waals surface area contributed by atoms with Crippen molar-refractivity contribution in [2.24, 2.45) is 0 Å². The van der Waals surface area contributed by atoms with Crippen molar-refractivity contribution in [1.29, 1.82) is 0 Å². The summed E-state index contributed by atoms with van der Waals surface area (Å²) in [5, 5.41) is 8.76. The van der Waals surface area contributed by atoms with Gasteiger partial charge in [0.05, 0.1) is 0 Å². The molecule has 1 nitrogen and oxygen atoms in total. The summed E-state index contributed by atoms with van der Waals surface area (Å²) in [7, 11) is 0. The van der Waals surface area contributed by atoms with Crippen molar-refractivity contribution in [1.82, 2.24) is 0 Å². The summed E-state index contributed by atoms with van der Waals surface area (Å²) in [6.45, 7) is 2.62. The lowest BCUT2D eigenvalue weighted by Crippen LogP contribution is -1.83. The molecular weight excluding hydrogens is 448 g/mol. The third kappa shape index (κ3) is 34.9. The number of aliphatic hydroxyl groups excluding tert-OH is 1. The zero-order valence-electron chi connectivity index (χ0n) is 25.2. The number of hydrogen-bond donors (Lipinski definition) is 1. The van der Waals surface area contributed by atoms with Crippen molar-refractivity contribution in [3.05, 3.63) is 48.6 Å². The van der Waals surface area contributed by atoms with Crippen LogP contribution in [0.15, 0.2) is 48.6 Å². The van der Waals surface area contributed by atoms with E-state index in [1.165, 1.54) is 148 Å². The van der Waals surface area contributed by atoms with Crippen molar-refractivity contribution < 1.29 is 5.11 Å². The summed E-state index contributed by atoms with van der Waals surface area (Å²) in [5.74, 6) is 0. The van der Waals surface area contributed by atoms with Gasteiger partial charge in [0.1, 0.15) is 0 Å². The smallest absolute Gasteiger partial charge is 0.0431 e. The molecule has 0 aliphatic heterocycles. The highest BCUT2D eigenvalue weighted by atomic mass is 16.2. The van der Waals surface area contributed by atoms with Crippen LogP contribution in [0.3, 0.4) is 0 Å². The van der Waals surface area contributed by atoms with Crippen LogP contribution < -0.4 is 0 Å². The van der Waals surface area contributed by atoms with Crippen molar-refractivity contribution in [3.63, 3.8) is 0 Å². The molecule has 216 valence electrons. The molecule has 1 N–H and O–H groups in total. The summed E-state index contributed by atoms with van der Waals surface area (Å²) in [5.41, 5.74) is 0. The average molecular weight is 515 g/mol. The molecule has 0 bridgehead atoms. The van der Waals surface area contributed by atoms with Crippen LogP contribution in [0.1, 0.15) is 174 Å². The molecule has 0 radical (unpaired) electrons. The van der Waals surface area contributed by atoms with Gasteiger partial charge in [0.25, 0.3) is 0 Å². The molecular formula is C36H66O. The topological polar surface area (TPSA) is 20.2 Å². The van der Waals surface area contributed by atoms with Crippen molar-refractivity contribution >= 4 is 0 Å². The van der Waals surface area contributed by atoms with Gasteiger partial charge in [-0.2, -0.15) is 0 Å². The number of hydrogen-bond acceptors (Lipinski definition) is 1. The molecule has 0 rings (SSSR count). The molecule has 0 aliphatic carbocycles. The van der Waals surface area contributed by atoms with E-state index < -0.39 is 0 Å². The minimum absolute atomic E-state index is 0.355. The van der Waals surface area contributed by atoms with E-state index >= 15 is 0 Å². The highest BCUT2D eigenvalue weighted by Crippen LogP contribution is 2.13. The Morgan fingerprint density at radius 2 is 0.595 bits per heavy atom. The monoisotopic (exact) mass is 515 g/mol. The molecule has 0 atom stereocenters. The molecule has 1 heteroatoms. The van der Waals surface area contributed by atoms with Crippen LogP contribution in [0.25, 0.3) is 0 Å². The lowest BCUT2D eigenvalue weighted by atomic mass is 10.0. The van der Waals surface area contributed by atoms with E-state index in [4.69, 9.17) is 5.11 Å². The molecule has 0 saturated carbocycles. The van der Waals surface area contributed by atoms with Gasteiger partial charge in [0.2, 0.25) is 0 Å². The fourth-order valence-electron chi connectivity index (χ4n) is 4.72. The molecule has 0 spiro atoms. The van der Waals surface area contributed by atoms with Crippen molar-refractivity contribution in [3.8, 4) is 0 Å². The van der Waals surface area contributed by atoms with Gasteiger partial charge in [-0.05, 0) is 70.6 Å². The Labute approximate surface area is 234 Å². The van der Waals surface area contributed by atoms with E-state index in [1.807, 2.05) is 0 Å². The summed E-state index contributed by atoms with van der Waals surface area (Å²) in [6, 6.07) is 0. The number of allylic oxidation sites excluding steroid dienone is 8. The summed E-state index contributed by atoms with van der Waals surface area (Å²) >= 11 is 0. The van der Waals surface area contributed by atoms with Gasteiger partial charge in [-0.25, -0.2) is 0 Å². The fraction of sp³-hybridized carbons (Fsp3) is 0.778. The minimum Gasteiger partial charge on any atom is -0.396 e. The Kier molecular flexibility index (Phi) is 33.9. The lowest BCUT2D eigenvalue weighted by Gasteiger charge is -2.02. The van der Waals surface area contributed by atoms with Crippen molar-refractivity contribution in [2.75, 3.05) is 6.61 Å². The molecule has 37 heavy (non-hydrogen) atoms. The Morgan fingerprint density at radius 3 is 0.892 bits per heavy atom. The van der Waals surface area contributed by atoms with Gasteiger partial charge in [-0.3, -0.25) is 0 Å².